The number of ketones is 1. The highest BCUT2D eigenvalue weighted by Gasteiger charge is 2.43. The second-order valence-corrected chi connectivity index (χ2v) is 7.02. The van der Waals surface area contributed by atoms with Gasteiger partial charge in [0.2, 0.25) is 0 Å². The number of rotatable bonds is 9. The molecule has 3 rings (SSSR count). The number of esters is 1. The van der Waals surface area contributed by atoms with Gasteiger partial charge in [0.25, 0.3) is 5.91 Å². The first-order valence-corrected chi connectivity index (χ1v) is 10.00. The number of alkyl halides is 1. The fourth-order valence-electron chi connectivity index (χ4n) is 3.34. The summed E-state index contributed by atoms with van der Waals surface area (Å²) in [6.07, 6.45) is 2.99. The largest absolute Gasteiger partial charge is 0.466 e. The monoisotopic (exact) mass is 429 g/mol. The van der Waals surface area contributed by atoms with Crippen LogP contribution < -0.4 is 10.8 Å². The van der Waals surface area contributed by atoms with Crippen LogP contribution in [0.4, 0.5) is 4.39 Å². The van der Waals surface area contributed by atoms with Crippen molar-refractivity contribution < 1.29 is 28.3 Å². The molecule has 1 aliphatic heterocycles. The molecule has 2 atom stereocenters. The summed E-state index contributed by atoms with van der Waals surface area (Å²) in [5.74, 6) is -2.30. The minimum Gasteiger partial charge on any atom is -0.466 e. The van der Waals surface area contributed by atoms with Crippen molar-refractivity contribution in [3.63, 3.8) is 0 Å². The molecule has 1 aromatic heterocycles. The first-order chi connectivity index (χ1) is 14.9. The van der Waals surface area contributed by atoms with E-state index in [-0.39, 0.29) is 13.0 Å². The Bertz CT molecular complexity index is 1020. The summed E-state index contributed by atoms with van der Waals surface area (Å²) in [6, 6.07) is 8.16. The van der Waals surface area contributed by atoms with Crippen LogP contribution in [0.5, 0.6) is 0 Å². The number of amides is 1. The third-order valence-corrected chi connectivity index (χ3v) is 5.06. The molecule has 2 unspecified atom stereocenters. The number of ether oxygens (including phenoxy) is 1. The van der Waals surface area contributed by atoms with Crippen molar-refractivity contribution in [3.8, 4) is 0 Å². The van der Waals surface area contributed by atoms with Gasteiger partial charge in [-0.05, 0) is 30.9 Å². The topological polar surface area (TPSA) is 107 Å². The van der Waals surface area contributed by atoms with Crippen molar-refractivity contribution in [3.05, 3.63) is 48.3 Å². The van der Waals surface area contributed by atoms with Crippen molar-refractivity contribution in [2.45, 2.75) is 38.3 Å². The Morgan fingerprint density at radius 1 is 1.26 bits per heavy atom. The lowest BCUT2D eigenvalue weighted by Gasteiger charge is -2.25. The summed E-state index contributed by atoms with van der Waals surface area (Å²) in [6.45, 7) is 2.14. The number of nitrogens with one attached hydrogen (secondary N) is 2. The molecule has 8 nitrogen and oxygen atoms in total. The molecule has 2 aromatic rings. The summed E-state index contributed by atoms with van der Waals surface area (Å²) >= 11 is 0. The zero-order valence-electron chi connectivity index (χ0n) is 17.3. The van der Waals surface area contributed by atoms with Gasteiger partial charge in [-0.15, -0.1) is 0 Å². The molecule has 1 amide bonds. The maximum Gasteiger partial charge on any atom is 0.308 e. The van der Waals surface area contributed by atoms with Crippen molar-refractivity contribution in [1.29, 1.82) is 0 Å². The highest BCUT2D eigenvalue weighted by Crippen LogP contribution is 2.31. The molecule has 1 aliphatic rings. The van der Waals surface area contributed by atoms with E-state index in [1.165, 1.54) is 0 Å². The number of nitrogens with zero attached hydrogens (tertiary/aromatic N) is 1. The SMILES string of the molecule is CCOC(=O)CC(NC(=O)C1(CC)C=C(c2nccc3ccccc23)NO1)C(=O)CF. The van der Waals surface area contributed by atoms with E-state index >= 15 is 0 Å². The molecule has 2 heterocycles. The average molecular weight is 429 g/mol. The molecule has 0 aliphatic carbocycles. The van der Waals surface area contributed by atoms with Crippen LogP contribution in [-0.4, -0.2) is 47.6 Å². The van der Waals surface area contributed by atoms with Gasteiger partial charge in [0.1, 0.15) is 12.7 Å². The number of hydroxylamine groups is 1. The van der Waals surface area contributed by atoms with Gasteiger partial charge < -0.3 is 10.1 Å². The molecule has 0 saturated carbocycles. The molecule has 0 fully saturated rings. The standard InChI is InChI=1S/C22H24FN3O5/c1-3-22(21(29)25-16(18(27)13-23)11-19(28)30-4-2)12-17(26-31-22)20-15-8-6-5-7-14(15)9-10-24-20/h5-10,12,16,26H,3-4,11,13H2,1-2H3,(H,25,29). The lowest BCUT2D eigenvalue weighted by atomic mass is 9.96. The van der Waals surface area contributed by atoms with Crippen LogP contribution in [0.15, 0.2) is 42.6 Å². The Labute approximate surface area is 178 Å². The Balaban J connectivity index is 1.87. The second-order valence-electron chi connectivity index (χ2n) is 7.02. The number of aromatic nitrogens is 1. The quantitative estimate of drug-likeness (QED) is 0.589. The minimum absolute atomic E-state index is 0.110. The number of carbonyl (C=O) groups excluding carboxylic acids is 3. The Morgan fingerprint density at radius 2 is 2.03 bits per heavy atom. The van der Waals surface area contributed by atoms with E-state index in [1.54, 1.807) is 26.1 Å². The third kappa shape index (κ3) is 4.72. The Morgan fingerprint density at radius 3 is 2.74 bits per heavy atom. The molecule has 9 heteroatoms. The predicted molar refractivity (Wildman–Crippen MR) is 111 cm³/mol. The zero-order chi connectivity index (χ0) is 22.4. The fourth-order valence-corrected chi connectivity index (χ4v) is 3.34. The molecule has 164 valence electrons. The number of halogens is 1. The number of hydrogen-bond acceptors (Lipinski definition) is 7. The van der Waals surface area contributed by atoms with Crippen molar-refractivity contribution in [1.82, 2.24) is 15.8 Å². The number of carbonyl (C=O) groups is 3. The lowest BCUT2D eigenvalue weighted by Crippen LogP contribution is -2.53. The van der Waals surface area contributed by atoms with E-state index in [9.17, 15) is 18.8 Å². The summed E-state index contributed by atoms with van der Waals surface area (Å²) in [5, 5.41) is 4.28. The highest BCUT2D eigenvalue weighted by molar-refractivity contribution is 5.98. The van der Waals surface area contributed by atoms with Crippen LogP contribution in [0.3, 0.4) is 0 Å². The van der Waals surface area contributed by atoms with Crippen LogP contribution in [0, 0.1) is 0 Å². The Hall–Kier alpha value is -3.33. The van der Waals surface area contributed by atoms with E-state index in [2.05, 4.69) is 15.8 Å². The van der Waals surface area contributed by atoms with E-state index in [1.807, 2.05) is 30.3 Å². The number of hydrogen-bond donors (Lipinski definition) is 2. The number of fused-ring (bicyclic) bond motifs is 1. The normalized spacial score (nSPS) is 18.7. The summed E-state index contributed by atoms with van der Waals surface area (Å²) in [4.78, 5) is 46.8. The third-order valence-electron chi connectivity index (χ3n) is 5.06. The molecular formula is C22H24FN3O5. The van der Waals surface area contributed by atoms with Gasteiger partial charge in [-0.3, -0.25) is 29.7 Å². The molecule has 0 bridgehead atoms. The number of Topliss-reactive ketones (excluding diaryl/α,β-unsaturated/α-hetero) is 1. The smallest absolute Gasteiger partial charge is 0.308 e. The molecule has 0 saturated heterocycles. The molecule has 31 heavy (non-hydrogen) atoms. The van der Waals surface area contributed by atoms with E-state index in [4.69, 9.17) is 9.57 Å². The predicted octanol–water partition coefficient (Wildman–Crippen LogP) is 2.24. The van der Waals surface area contributed by atoms with Gasteiger partial charge in [0.15, 0.2) is 11.4 Å². The molecule has 2 N–H and O–H groups in total. The van der Waals surface area contributed by atoms with Gasteiger partial charge in [-0.25, -0.2) is 4.39 Å². The molecule has 1 aromatic carbocycles. The zero-order valence-corrected chi connectivity index (χ0v) is 17.3. The van der Waals surface area contributed by atoms with Gasteiger partial charge in [-0.1, -0.05) is 31.2 Å². The summed E-state index contributed by atoms with van der Waals surface area (Å²) < 4.78 is 17.8. The minimum atomic E-state index is -1.46. The van der Waals surface area contributed by atoms with Crippen LogP contribution in [0.2, 0.25) is 0 Å². The van der Waals surface area contributed by atoms with Crippen LogP contribution in [0.1, 0.15) is 32.4 Å². The Kier molecular flexibility index (Phi) is 6.96. The molecular weight excluding hydrogens is 405 g/mol. The second kappa shape index (κ2) is 9.65. The van der Waals surface area contributed by atoms with Gasteiger partial charge in [0, 0.05) is 11.6 Å². The fraction of sp³-hybridized carbons (Fsp3) is 0.364. The average Bonchev–Trinajstić information content (AvgIpc) is 3.23. The summed E-state index contributed by atoms with van der Waals surface area (Å²) in [5.41, 5.74) is 2.39. The highest BCUT2D eigenvalue weighted by atomic mass is 19.1. The lowest BCUT2D eigenvalue weighted by molar-refractivity contribution is -0.149. The van der Waals surface area contributed by atoms with Crippen LogP contribution >= 0.6 is 0 Å². The molecule has 0 radical (unpaired) electrons. The van der Waals surface area contributed by atoms with Gasteiger partial charge in [-0.2, -0.15) is 0 Å². The first-order valence-electron chi connectivity index (χ1n) is 10.00. The summed E-state index contributed by atoms with van der Waals surface area (Å²) in [7, 11) is 0. The van der Waals surface area contributed by atoms with E-state index in [0.29, 0.717) is 11.4 Å². The maximum absolute atomic E-state index is 13.0. The molecule has 0 spiro atoms. The van der Waals surface area contributed by atoms with Crippen molar-refractivity contribution in [2.24, 2.45) is 0 Å². The van der Waals surface area contributed by atoms with Crippen molar-refractivity contribution >= 4 is 34.1 Å². The van der Waals surface area contributed by atoms with E-state index in [0.717, 1.165) is 10.8 Å². The van der Waals surface area contributed by atoms with Gasteiger partial charge in [0.05, 0.1) is 24.4 Å². The number of pyridine rings is 1. The van der Waals surface area contributed by atoms with Crippen LogP contribution in [-0.2, 0) is 24.0 Å². The van der Waals surface area contributed by atoms with Crippen LogP contribution in [0.25, 0.3) is 16.5 Å². The van der Waals surface area contributed by atoms with E-state index < -0.39 is 42.4 Å². The van der Waals surface area contributed by atoms with Crippen molar-refractivity contribution in [2.75, 3.05) is 13.3 Å². The maximum atomic E-state index is 13.0. The number of benzene rings is 1. The van der Waals surface area contributed by atoms with Gasteiger partial charge >= 0.3 is 5.97 Å². The first kappa shape index (κ1) is 22.4.